The smallest absolute Gasteiger partial charge is 0.179 e. The van der Waals surface area contributed by atoms with E-state index in [9.17, 15) is 0 Å². The van der Waals surface area contributed by atoms with E-state index in [1.807, 2.05) is 42.5 Å². The van der Waals surface area contributed by atoms with Gasteiger partial charge in [-0.25, -0.2) is 0 Å². The minimum atomic E-state index is 0.543. The SMILES string of the molecule is Clc1cc(CNCCOc2ccccc2)cc2c1OCCO2. The molecule has 4 nitrogen and oxygen atoms in total. The van der Waals surface area contributed by atoms with E-state index in [-0.39, 0.29) is 0 Å². The highest BCUT2D eigenvalue weighted by Gasteiger charge is 2.16. The third-order valence-electron chi connectivity index (χ3n) is 3.28. The molecule has 0 radical (unpaired) electrons. The van der Waals surface area contributed by atoms with Crippen molar-refractivity contribution in [1.82, 2.24) is 5.32 Å². The standard InChI is InChI=1S/C17H18ClNO3/c18-15-10-13(11-16-17(15)22-9-8-21-16)12-19-6-7-20-14-4-2-1-3-5-14/h1-5,10-11,19H,6-9,12H2. The van der Waals surface area contributed by atoms with Crippen molar-refractivity contribution in [3.05, 3.63) is 53.1 Å². The summed E-state index contributed by atoms with van der Waals surface area (Å²) in [5.41, 5.74) is 1.06. The highest BCUT2D eigenvalue weighted by Crippen LogP contribution is 2.38. The van der Waals surface area contributed by atoms with E-state index in [0.717, 1.165) is 23.6 Å². The average molecular weight is 320 g/mol. The number of fused-ring (bicyclic) bond motifs is 1. The van der Waals surface area contributed by atoms with Crippen LogP contribution in [0.15, 0.2) is 42.5 Å². The topological polar surface area (TPSA) is 39.7 Å². The van der Waals surface area contributed by atoms with Gasteiger partial charge in [0.15, 0.2) is 11.5 Å². The number of para-hydroxylation sites is 1. The first-order valence-corrected chi connectivity index (χ1v) is 7.67. The molecule has 0 aromatic heterocycles. The molecule has 0 bridgehead atoms. The van der Waals surface area contributed by atoms with Crippen molar-refractivity contribution in [3.63, 3.8) is 0 Å². The van der Waals surface area contributed by atoms with Crippen molar-refractivity contribution in [1.29, 1.82) is 0 Å². The van der Waals surface area contributed by atoms with E-state index in [4.69, 9.17) is 25.8 Å². The van der Waals surface area contributed by atoms with Crippen LogP contribution in [-0.2, 0) is 6.54 Å². The van der Waals surface area contributed by atoms with Crippen molar-refractivity contribution >= 4 is 11.6 Å². The van der Waals surface area contributed by atoms with Gasteiger partial charge in [-0.3, -0.25) is 0 Å². The van der Waals surface area contributed by atoms with Crippen LogP contribution in [-0.4, -0.2) is 26.4 Å². The van der Waals surface area contributed by atoms with Gasteiger partial charge in [0.05, 0.1) is 5.02 Å². The minimum absolute atomic E-state index is 0.543. The van der Waals surface area contributed by atoms with Crippen LogP contribution in [0.25, 0.3) is 0 Å². The molecule has 0 spiro atoms. The van der Waals surface area contributed by atoms with Crippen molar-refractivity contribution in [2.24, 2.45) is 0 Å². The zero-order valence-electron chi connectivity index (χ0n) is 12.2. The average Bonchev–Trinajstić information content (AvgIpc) is 2.56. The molecule has 0 aliphatic carbocycles. The van der Waals surface area contributed by atoms with Gasteiger partial charge in [0.1, 0.15) is 25.6 Å². The van der Waals surface area contributed by atoms with E-state index in [0.29, 0.717) is 37.1 Å². The fourth-order valence-corrected chi connectivity index (χ4v) is 2.54. The molecule has 0 unspecified atom stereocenters. The Kier molecular flexibility index (Phi) is 5.03. The second kappa shape index (κ2) is 7.38. The molecule has 22 heavy (non-hydrogen) atoms. The second-order valence-electron chi connectivity index (χ2n) is 4.94. The molecule has 5 heteroatoms. The first-order chi connectivity index (χ1) is 10.8. The Morgan fingerprint density at radius 2 is 1.91 bits per heavy atom. The maximum Gasteiger partial charge on any atom is 0.179 e. The van der Waals surface area contributed by atoms with Gasteiger partial charge in [-0.2, -0.15) is 0 Å². The molecule has 0 fully saturated rings. The van der Waals surface area contributed by atoms with E-state index in [2.05, 4.69) is 5.32 Å². The zero-order valence-corrected chi connectivity index (χ0v) is 12.9. The Balaban J connectivity index is 1.47. The molecular weight excluding hydrogens is 302 g/mol. The first kappa shape index (κ1) is 15.0. The Morgan fingerprint density at radius 3 is 2.77 bits per heavy atom. The minimum Gasteiger partial charge on any atom is -0.492 e. The first-order valence-electron chi connectivity index (χ1n) is 7.29. The van der Waals surface area contributed by atoms with Gasteiger partial charge in [0, 0.05) is 13.1 Å². The van der Waals surface area contributed by atoms with Crippen LogP contribution in [0.3, 0.4) is 0 Å². The Bertz CT molecular complexity index is 619. The summed E-state index contributed by atoms with van der Waals surface area (Å²) in [7, 11) is 0. The molecule has 1 aliphatic heterocycles. The lowest BCUT2D eigenvalue weighted by Crippen LogP contribution is -2.21. The highest BCUT2D eigenvalue weighted by molar-refractivity contribution is 6.32. The lowest BCUT2D eigenvalue weighted by atomic mass is 10.2. The largest absolute Gasteiger partial charge is 0.492 e. The summed E-state index contributed by atoms with van der Waals surface area (Å²) >= 11 is 6.21. The zero-order chi connectivity index (χ0) is 15.2. The molecule has 2 aromatic rings. The molecule has 1 N–H and O–H groups in total. The van der Waals surface area contributed by atoms with Crippen LogP contribution in [0.2, 0.25) is 5.02 Å². The van der Waals surface area contributed by atoms with Crippen LogP contribution < -0.4 is 19.5 Å². The summed E-state index contributed by atoms with van der Waals surface area (Å²) in [5.74, 6) is 2.24. The maximum absolute atomic E-state index is 6.21. The summed E-state index contributed by atoms with van der Waals surface area (Å²) in [6, 6.07) is 13.6. The van der Waals surface area contributed by atoms with Gasteiger partial charge in [-0.1, -0.05) is 29.8 Å². The molecule has 116 valence electrons. The predicted molar refractivity (Wildman–Crippen MR) is 86.1 cm³/mol. The van der Waals surface area contributed by atoms with E-state index in [1.165, 1.54) is 0 Å². The quantitative estimate of drug-likeness (QED) is 0.829. The number of hydrogen-bond acceptors (Lipinski definition) is 4. The van der Waals surface area contributed by atoms with Crippen LogP contribution in [0, 0.1) is 0 Å². The van der Waals surface area contributed by atoms with Crippen molar-refractivity contribution < 1.29 is 14.2 Å². The van der Waals surface area contributed by atoms with E-state index < -0.39 is 0 Å². The molecule has 3 rings (SSSR count). The Labute approximate surface area is 135 Å². The van der Waals surface area contributed by atoms with Gasteiger partial charge in [-0.15, -0.1) is 0 Å². The number of ether oxygens (including phenoxy) is 3. The molecular formula is C17H18ClNO3. The summed E-state index contributed by atoms with van der Waals surface area (Å²) in [5, 5.41) is 3.92. The van der Waals surface area contributed by atoms with Crippen molar-refractivity contribution in [2.45, 2.75) is 6.54 Å². The second-order valence-corrected chi connectivity index (χ2v) is 5.35. The summed E-state index contributed by atoms with van der Waals surface area (Å²) in [6.07, 6.45) is 0. The summed E-state index contributed by atoms with van der Waals surface area (Å²) in [4.78, 5) is 0. The number of nitrogens with one attached hydrogen (secondary N) is 1. The van der Waals surface area contributed by atoms with Crippen LogP contribution in [0.5, 0.6) is 17.2 Å². The molecule has 0 saturated carbocycles. The number of halogens is 1. The lowest BCUT2D eigenvalue weighted by Gasteiger charge is -2.20. The van der Waals surface area contributed by atoms with Crippen molar-refractivity contribution in [3.8, 4) is 17.2 Å². The lowest BCUT2D eigenvalue weighted by molar-refractivity contribution is 0.171. The third kappa shape index (κ3) is 3.84. The van der Waals surface area contributed by atoms with Gasteiger partial charge < -0.3 is 19.5 Å². The normalized spacial score (nSPS) is 13.0. The molecule has 0 atom stereocenters. The van der Waals surface area contributed by atoms with Gasteiger partial charge in [0.25, 0.3) is 0 Å². The van der Waals surface area contributed by atoms with Crippen molar-refractivity contribution in [2.75, 3.05) is 26.4 Å². The molecule has 1 aliphatic rings. The Hall–Kier alpha value is -1.91. The highest BCUT2D eigenvalue weighted by atomic mass is 35.5. The Morgan fingerprint density at radius 1 is 1.09 bits per heavy atom. The van der Waals surface area contributed by atoms with Gasteiger partial charge in [-0.05, 0) is 29.8 Å². The van der Waals surface area contributed by atoms with Crippen LogP contribution >= 0.6 is 11.6 Å². The molecule has 2 aromatic carbocycles. The van der Waals surface area contributed by atoms with Crippen LogP contribution in [0.4, 0.5) is 0 Å². The number of rotatable bonds is 6. The fraction of sp³-hybridized carbons (Fsp3) is 0.294. The van der Waals surface area contributed by atoms with Crippen LogP contribution in [0.1, 0.15) is 5.56 Å². The monoisotopic (exact) mass is 319 g/mol. The predicted octanol–water partition coefficient (Wildman–Crippen LogP) is 3.28. The van der Waals surface area contributed by atoms with E-state index in [1.54, 1.807) is 0 Å². The molecule has 1 heterocycles. The number of benzene rings is 2. The maximum atomic E-state index is 6.21. The summed E-state index contributed by atoms with van der Waals surface area (Å²) in [6.45, 7) is 3.17. The van der Waals surface area contributed by atoms with Gasteiger partial charge in [0.2, 0.25) is 0 Å². The molecule has 0 amide bonds. The number of hydrogen-bond donors (Lipinski definition) is 1. The van der Waals surface area contributed by atoms with E-state index >= 15 is 0 Å². The fourth-order valence-electron chi connectivity index (χ4n) is 2.26. The molecule has 0 saturated heterocycles. The van der Waals surface area contributed by atoms with Gasteiger partial charge >= 0.3 is 0 Å². The summed E-state index contributed by atoms with van der Waals surface area (Å²) < 4.78 is 16.7. The third-order valence-corrected chi connectivity index (χ3v) is 3.56.